The van der Waals surface area contributed by atoms with Crippen molar-refractivity contribution in [3.63, 3.8) is 0 Å². The smallest absolute Gasteiger partial charge is 0.242 e. The summed E-state index contributed by atoms with van der Waals surface area (Å²) in [6.45, 7) is 0.331. The second-order valence-electron chi connectivity index (χ2n) is 4.70. The fraction of sp³-hybridized carbons (Fsp3) is 0.364. The van der Waals surface area contributed by atoms with Crippen LogP contribution in [0, 0.1) is 0 Å². The van der Waals surface area contributed by atoms with Crippen LogP contribution in [0.3, 0.4) is 0 Å². The third-order valence-electron chi connectivity index (χ3n) is 2.96. The first-order valence-corrected chi connectivity index (χ1v) is 9.32. The minimum Gasteiger partial charge on any atom is -0.311 e. The molecule has 1 aliphatic heterocycles. The van der Waals surface area contributed by atoms with Gasteiger partial charge in [-0.05, 0) is 30.2 Å². The van der Waals surface area contributed by atoms with E-state index in [9.17, 15) is 21.6 Å². The molecule has 0 aliphatic carbocycles. The summed E-state index contributed by atoms with van der Waals surface area (Å²) < 4.78 is 44.8. The maximum Gasteiger partial charge on any atom is 0.242 e. The summed E-state index contributed by atoms with van der Waals surface area (Å²) in [7, 11) is -7.19. The van der Waals surface area contributed by atoms with Crippen LogP contribution in [0.2, 0.25) is 0 Å². The van der Waals surface area contributed by atoms with Crippen LogP contribution in [0.5, 0.6) is 0 Å². The molecule has 7 nitrogen and oxygen atoms in total. The van der Waals surface area contributed by atoms with Crippen LogP contribution in [0.25, 0.3) is 0 Å². The molecule has 0 saturated heterocycles. The van der Waals surface area contributed by atoms with Crippen molar-refractivity contribution in [1.82, 2.24) is 0 Å². The van der Waals surface area contributed by atoms with Crippen molar-refractivity contribution in [2.24, 2.45) is 5.14 Å². The summed E-state index contributed by atoms with van der Waals surface area (Å²) in [5.41, 5.74) is 1.20. The molecule has 20 heavy (non-hydrogen) atoms. The Bertz CT molecular complexity index is 768. The SMILES string of the molecule is CS(=O)(=O)CC(=O)N1CCc2cc(S(N)(=O)=O)ccc21. The van der Waals surface area contributed by atoms with Crippen molar-refractivity contribution >= 4 is 31.5 Å². The van der Waals surface area contributed by atoms with Crippen LogP contribution in [-0.4, -0.2) is 41.3 Å². The molecule has 110 valence electrons. The normalized spacial score (nSPS) is 15.2. The van der Waals surface area contributed by atoms with E-state index < -0.39 is 31.5 Å². The lowest BCUT2D eigenvalue weighted by molar-refractivity contribution is -0.116. The highest BCUT2D eigenvalue weighted by molar-refractivity contribution is 7.91. The molecule has 0 spiro atoms. The molecule has 0 unspecified atom stereocenters. The van der Waals surface area contributed by atoms with Crippen LogP contribution < -0.4 is 10.0 Å². The van der Waals surface area contributed by atoms with Gasteiger partial charge >= 0.3 is 0 Å². The third kappa shape index (κ3) is 3.17. The van der Waals surface area contributed by atoms with Crippen molar-refractivity contribution in [3.8, 4) is 0 Å². The average molecular weight is 318 g/mol. The molecule has 1 amide bonds. The van der Waals surface area contributed by atoms with Crippen molar-refractivity contribution in [2.45, 2.75) is 11.3 Å². The first kappa shape index (κ1) is 14.9. The van der Waals surface area contributed by atoms with Crippen LogP contribution in [0.15, 0.2) is 23.1 Å². The Labute approximate surface area is 117 Å². The van der Waals surface area contributed by atoms with E-state index in [1.807, 2.05) is 0 Å². The van der Waals surface area contributed by atoms with E-state index in [0.29, 0.717) is 24.2 Å². The van der Waals surface area contributed by atoms with Crippen LogP contribution in [0.1, 0.15) is 5.56 Å². The number of rotatable bonds is 3. The van der Waals surface area contributed by atoms with Gasteiger partial charge in [0, 0.05) is 18.5 Å². The quantitative estimate of drug-likeness (QED) is 0.789. The molecule has 0 bridgehead atoms. The second-order valence-corrected chi connectivity index (χ2v) is 8.40. The van der Waals surface area contributed by atoms with Gasteiger partial charge in [-0.25, -0.2) is 22.0 Å². The standard InChI is InChI=1S/C11H14N2O5S2/c1-19(15,16)7-11(14)13-5-4-8-6-9(20(12,17)18)2-3-10(8)13/h2-3,6H,4-5,7H2,1H3,(H2,12,17,18). The van der Waals surface area contributed by atoms with Crippen molar-refractivity contribution in [1.29, 1.82) is 0 Å². The number of nitrogens with zero attached hydrogens (tertiary/aromatic N) is 1. The van der Waals surface area contributed by atoms with Gasteiger partial charge in [0.1, 0.15) is 5.75 Å². The number of hydrogen-bond donors (Lipinski definition) is 1. The van der Waals surface area contributed by atoms with E-state index in [1.165, 1.54) is 23.1 Å². The second kappa shape index (κ2) is 4.83. The molecule has 0 atom stereocenters. The maximum absolute atomic E-state index is 11.9. The Morgan fingerprint density at radius 1 is 1.30 bits per heavy atom. The fourth-order valence-corrected chi connectivity index (χ4v) is 3.29. The Balaban J connectivity index is 2.33. The highest BCUT2D eigenvalue weighted by Gasteiger charge is 2.27. The molecule has 1 aromatic carbocycles. The van der Waals surface area contributed by atoms with E-state index in [-0.39, 0.29) is 4.90 Å². The Hall–Kier alpha value is -1.45. The fourth-order valence-electron chi connectivity index (χ4n) is 2.12. The number of benzene rings is 1. The zero-order chi connectivity index (χ0) is 15.1. The van der Waals surface area contributed by atoms with Crippen molar-refractivity contribution in [3.05, 3.63) is 23.8 Å². The van der Waals surface area contributed by atoms with E-state index >= 15 is 0 Å². The molecule has 2 N–H and O–H groups in total. The molecule has 9 heteroatoms. The Morgan fingerprint density at radius 3 is 2.50 bits per heavy atom. The summed E-state index contributed by atoms with van der Waals surface area (Å²) in [6.07, 6.45) is 1.46. The Kier molecular flexibility index (Phi) is 3.61. The summed E-state index contributed by atoms with van der Waals surface area (Å²) in [4.78, 5) is 13.2. The molecular formula is C11H14N2O5S2. The van der Waals surface area contributed by atoms with Gasteiger partial charge in [-0.1, -0.05) is 0 Å². The zero-order valence-electron chi connectivity index (χ0n) is 10.7. The number of amides is 1. The van der Waals surface area contributed by atoms with E-state index in [0.717, 1.165) is 6.26 Å². The molecule has 1 heterocycles. The van der Waals surface area contributed by atoms with Crippen molar-refractivity contribution in [2.75, 3.05) is 23.5 Å². The van der Waals surface area contributed by atoms with Gasteiger partial charge in [0.15, 0.2) is 9.84 Å². The summed E-state index contributed by atoms with van der Waals surface area (Å²) >= 11 is 0. The van der Waals surface area contributed by atoms with Gasteiger partial charge in [0.05, 0.1) is 4.90 Å². The molecule has 0 fully saturated rings. The monoisotopic (exact) mass is 318 g/mol. The Morgan fingerprint density at radius 2 is 1.95 bits per heavy atom. The van der Waals surface area contributed by atoms with Crippen LogP contribution in [0.4, 0.5) is 5.69 Å². The molecular weight excluding hydrogens is 304 g/mol. The topological polar surface area (TPSA) is 115 Å². The number of anilines is 1. The van der Waals surface area contributed by atoms with E-state index in [4.69, 9.17) is 5.14 Å². The number of primary sulfonamides is 1. The minimum atomic E-state index is -3.79. The largest absolute Gasteiger partial charge is 0.311 e. The lowest BCUT2D eigenvalue weighted by Gasteiger charge is -2.16. The van der Waals surface area contributed by atoms with Gasteiger partial charge < -0.3 is 4.90 Å². The van der Waals surface area contributed by atoms with E-state index in [2.05, 4.69) is 0 Å². The first-order chi connectivity index (χ1) is 9.08. The number of carbonyl (C=O) groups excluding carboxylic acids is 1. The maximum atomic E-state index is 11.9. The minimum absolute atomic E-state index is 0.0198. The number of sulfone groups is 1. The third-order valence-corrected chi connectivity index (χ3v) is 4.64. The van der Waals surface area contributed by atoms with Gasteiger partial charge in [-0.2, -0.15) is 0 Å². The van der Waals surface area contributed by atoms with Gasteiger partial charge in [-0.15, -0.1) is 0 Å². The number of fused-ring (bicyclic) bond motifs is 1. The number of nitrogens with two attached hydrogens (primary N) is 1. The van der Waals surface area contributed by atoms with Crippen LogP contribution >= 0.6 is 0 Å². The molecule has 0 aromatic heterocycles. The van der Waals surface area contributed by atoms with Crippen LogP contribution in [-0.2, 0) is 31.1 Å². The molecule has 2 rings (SSSR count). The summed E-state index contributed by atoms with van der Waals surface area (Å²) in [6, 6.07) is 4.20. The molecule has 0 saturated carbocycles. The van der Waals surface area contributed by atoms with E-state index in [1.54, 1.807) is 0 Å². The highest BCUT2D eigenvalue weighted by atomic mass is 32.2. The summed E-state index contributed by atoms with van der Waals surface area (Å²) in [5.74, 6) is -1.08. The lowest BCUT2D eigenvalue weighted by atomic mass is 10.2. The lowest BCUT2D eigenvalue weighted by Crippen LogP contribution is -2.34. The van der Waals surface area contributed by atoms with Gasteiger partial charge in [0.2, 0.25) is 15.9 Å². The average Bonchev–Trinajstić information content (AvgIpc) is 2.67. The highest BCUT2D eigenvalue weighted by Crippen LogP contribution is 2.30. The predicted molar refractivity (Wildman–Crippen MR) is 73.6 cm³/mol. The molecule has 0 radical (unpaired) electrons. The van der Waals surface area contributed by atoms with Gasteiger partial charge in [-0.3, -0.25) is 4.79 Å². The number of hydrogen-bond acceptors (Lipinski definition) is 5. The van der Waals surface area contributed by atoms with Gasteiger partial charge in [0.25, 0.3) is 0 Å². The summed E-state index contributed by atoms with van der Waals surface area (Å²) in [5, 5.41) is 5.04. The predicted octanol–water partition coefficient (Wildman–Crippen LogP) is -0.732. The number of sulfonamides is 1. The number of carbonyl (C=O) groups is 1. The molecule has 1 aliphatic rings. The van der Waals surface area contributed by atoms with Crippen molar-refractivity contribution < 1.29 is 21.6 Å². The zero-order valence-corrected chi connectivity index (χ0v) is 12.4. The molecule has 1 aromatic rings. The first-order valence-electron chi connectivity index (χ1n) is 5.72.